The summed E-state index contributed by atoms with van der Waals surface area (Å²) in [6, 6.07) is 4.23. The van der Waals surface area contributed by atoms with Crippen LogP contribution in [0.2, 0.25) is 0 Å². The van der Waals surface area contributed by atoms with Gasteiger partial charge >= 0.3 is 0 Å². The summed E-state index contributed by atoms with van der Waals surface area (Å²) < 4.78 is 11.8. The molecule has 0 amide bonds. The van der Waals surface area contributed by atoms with E-state index in [1.54, 1.807) is 0 Å². The zero-order chi connectivity index (χ0) is 22.1. The fraction of sp³-hybridized carbons (Fsp3) is 0.708. The lowest BCUT2D eigenvalue weighted by Gasteiger charge is -2.32. The Morgan fingerprint density at radius 3 is 2.71 bits per heavy atom. The molecule has 1 fully saturated rings. The number of hydrogen-bond acceptors (Lipinski definition) is 5. The molecule has 2 aliphatic heterocycles. The maximum atomic E-state index is 5.94. The van der Waals surface area contributed by atoms with E-state index in [1.165, 1.54) is 44.7 Å². The van der Waals surface area contributed by atoms with Crippen molar-refractivity contribution in [1.82, 2.24) is 20.4 Å². The molecular formula is C24H41N5O2. The molecule has 0 aromatic heterocycles. The van der Waals surface area contributed by atoms with Crippen LogP contribution in [0.1, 0.15) is 44.7 Å². The summed E-state index contributed by atoms with van der Waals surface area (Å²) in [5.41, 5.74) is 2.30. The van der Waals surface area contributed by atoms with Gasteiger partial charge in [-0.05, 0) is 59.3 Å². The minimum atomic E-state index is 0.230. The van der Waals surface area contributed by atoms with Gasteiger partial charge in [-0.25, -0.2) is 4.99 Å². The van der Waals surface area contributed by atoms with Gasteiger partial charge in [0.1, 0.15) is 17.6 Å². The van der Waals surface area contributed by atoms with E-state index in [0.717, 1.165) is 49.0 Å². The number of benzene rings is 1. The second-order valence-electron chi connectivity index (χ2n) is 8.61. The van der Waals surface area contributed by atoms with Crippen molar-refractivity contribution in [1.29, 1.82) is 0 Å². The molecule has 2 heterocycles. The van der Waals surface area contributed by atoms with Crippen molar-refractivity contribution in [2.75, 3.05) is 59.5 Å². The first kappa shape index (κ1) is 23.7. The van der Waals surface area contributed by atoms with Gasteiger partial charge in [-0.3, -0.25) is 0 Å². The monoisotopic (exact) mass is 431 g/mol. The number of nitrogens with one attached hydrogen (secondary N) is 2. The van der Waals surface area contributed by atoms with Gasteiger partial charge in [-0.2, -0.15) is 0 Å². The maximum absolute atomic E-state index is 5.94. The molecule has 0 saturated carbocycles. The quantitative estimate of drug-likeness (QED) is 0.337. The lowest BCUT2D eigenvalue weighted by Crippen LogP contribution is -2.44. The molecule has 2 aliphatic rings. The highest BCUT2D eigenvalue weighted by Gasteiger charge is 2.21. The summed E-state index contributed by atoms with van der Waals surface area (Å²) in [7, 11) is 2.20. The molecular weight excluding hydrogens is 390 g/mol. The first-order chi connectivity index (χ1) is 15.1. The van der Waals surface area contributed by atoms with Gasteiger partial charge in [0, 0.05) is 56.8 Å². The summed E-state index contributed by atoms with van der Waals surface area (Å²) in [6.07, 6.45) is 3.53. The lowest BCUT2D eigenvalue weighted by atomic mass is 10.1. The average Bonchev–Trinajstić information content (AvgIpc) is 3.12. The van der Waals surface area contributed by atoms with E-state index < -0.39 is 0 Å². The number of aliphatic imine (C=N–C) groups is 1. The minimum Gasteiger partial charge on any atom is -0.494 e. The zero-order valence-electron chi connectivity index (χ0n) is 19.9. The largest absolute Gasteiger partial charge is 0.494 e. The van der Waals surface area contributed by atoms with Crippen LogP contribution in [0.5, 0.6) is 11.5 Å². The summed E-state index contributed by atoms with van der Waals surface area (Å²) >= 11 is 0. The van der Waals surface area contributed by atoms with Crippen LogP contribution in [0.3, 0.4) is 0 Å². The van der Waals surface area contributed by atoms with Gasteiger partial charge in [-0.15, -0.1) is 0 Å². The Hall–Kier alpha value is -1.99. The number of hydrogen-bond donors (Lipinski definition) is 2. The van der Waals surface area contributed by atoms with Crippen LogP contribution >= 0.6 is 0 Å². The van der Waals surface area contributed by atoms with Crippen molar-refractivity contribution in [2.24, 2.45) is 4.99 Å². The molecule has 0 aliphatic carbocycles. The fourth-order valence-corrected chi connectivity index (χ4v) is 4.14. The third-order valence-electron chi connectivity index (χ3n) is 5.92. The molecule has 7 heteroatoms. The molecule has 31 heavy (non-hydrogen) atoms. The number of ether oxygens (including phenoxy) is 2. The molecule has 7 nitrogen and oxygen atoms in total. The molecule has 0 spiro atoms. The summed E-state index contributed by atoms with van der Waals surface area (Å²) in [4.78, 5) is 9.79. The van der Waals surface area contributed by atoms with E-state index in [4.69, 9.17) is 14.5 Å². The summed E-state index contributed by atoms with van der Waals surface area (Å²) in [5.74, 6) is 2.76. The third-order valence-corrected chi connectivity index (χ3v) is 5.92. The highest BCUT2D eigenvalue weighted by atomic mass is 16.5. The Kier molecular flexibility index (Phi) is 9.28. The number of guanidine groups is 1. The molecule has 1 atom stereocenters. The van der Waals surface area contributed by atoms with E-state index in [-0.39, 0.29) is 6.10 Å². The Morgan fingerprint density at radius 2 is 1.97 bits per heavy atom. The van der Waals surface area contributed by atoms with Crippen LogP contribution in [0, 0.1) is 0 Å². The Morgan fingerprint density at radius 1 is 1.16 bits per heavy atom. The Bertz CT molecular complexity index is 716. The van der Waals surface area contributed by atoms with E-state index in [2.05, 4.69) is 53.5 Å². The lowest BCUT2D eigenvalue weighted by molar-refractivity contribution is 0.152. The SMILES string of the molecule is CCNC(=NCc1cc2c(cc1OCC)CC(C)O2)NCCCCN1CCN(C)CC1. The Balaban J connectivity index is 1.49. The standard InChI is InChI=1S/C24H41N5O2/c1-5-25-24(26-9-7-8-10-29-13-11-28(4)12-14-29)27-18-21-17-23-20(15-19(3)31-23)16-22(21)30-6-2/h16-17,19H,5-15,18H2,1-4H3,(H2,25,26,27). The number of likely N-dealkylation sites (N-methyl/N-ethyl adjacent to an activating group) is 1. The van der Waals surface area contributed by atoms with Crippen molar-refractivity contribution in [3.05, 3.63) is 23.3 Å². The molecule has 0 bridgehead atoms. The van der Waals surface area contributed by atoms with Crippen LogP contribution in [0.25, 0.3) is 0 Å². The van der Waals surface area contributed by atoms with E-state index in [1.807, 2.05) is 6.92 Å². The predicted octanol–water partition coefficient (Wildman–Crippen LogP) is 2.49. The summed E-state index contributed by atoms with van der Waals surface area (Å²) in [6.45, 7) is 15.2. The molecule has 1 aromatic rings. The van der Waals surface area contributed by atoms with Crippen LogP contribution in [0.4, 0.5) is 0 Å². The molecule has 3 rings (SSSR count). The van der Waals surface area contributed by atoms with Crippen LogP contribution in [-0.2, 0) is 13.0 Å². The fourth-order valence-electron chi connectivity index (χ4n) is 4.14. The van der Waals surface area contributed by atoms with Gasteiger partial charge in [0.25, 0.3) is 0 Å². The maximum Gasteiger partial charge on any atom is 0.191 e. The molecule has 1 saturated heterocycles. The number of rotatable bonds is 10. The van der Waals surface area contributed by atoms with E-state index in [0.29, 0.717) is 13.2 Å². The molecule has 1 aromatic carbocycles. The van der Waals surface area contributed by atoms with Crippen LogP contribution in [-0.4, -0.2) is 81.3 Å². The second kappa shape index (κ2) is 12.2. The van der Waals surface area contributed by atoms with Crippen LogP contribution < -0.4 is 20.1 Å². The van der Waals surface area contributed by atoms with Gasteiger partial charge in [-0.1, -0.05) is 0 Å². The van der Waals surface area contributed by atoms with Crippen molar-refractivity contribution in [2.45, 2.75) is 52.7 Å². The van der Waals surface area contributed by atoms with Gasteiger partial charge < -0.3 is 29.9 Å². The Labute approximate surface area is 188 Å². The summed E-state index contributed by atoms with van der Waals surface area (Å²) in [5, 5.41) is 6.85. The smallest absolute Gasteiger partial charge is 0.191 e. The predicted molar refractivity (Wildman–Crippen MR) is 127 cm³/mol. The zero-order valence-corrected chi connectivity index (χ0v) is 19.9. The van der Waals surface area contributed by atoms with Gasteiger partial charge in [0.15, 0.2) is 5.96 Å². The van der Waals surface area contributed by atoms with Crippen molar-refractivity contribution in [3.8, 4) is 11.5 Å². The number of fused-ring (bicyclic) bond motifs is 1. The first-order valence-electron chi connectivity index (χ1n) is 12.0. The highest BCUT2D eigenvalue weighted by Crippen LogP contribution is 2.35. The molecule has 174 valence electrons. The van der Waals surface area contributed by atoms with Crippen molar-refractivity contribution >= 4 is 5.96 Å². The highest BCUT2D eigenvalue weighted by molar-refractivity contribution is 5.79. The molecule has 0 radical (unpaired) electrons. The number of nitrogens with zero attached hydrogens (tertiary/aromatic N) is 3. The topological polar surface area (TPSA) is 61.4 Å². The van der Waals surface area contributed by atoms with E-state index >= 15 is 0 Å². The molecule has 2 N–H and O–H groups in total. The van der Waals surface area contributed by atoms with Crippen molar-refractivity contribution in [3.63, 3.8) is 0 Å². The third kappa shape index (κ3) is 7.28. The minimum absolute atomic E-state index is 0.230. The van der Waals surface area contributed by atoms with Crippen LogP contribution in [0.15, 0.2) is 17.1 Å². The number of unbranched alkanes of at least 4 members (excludes halogenated alkanes) is 1. The van der Waals surface area contributed by atoms with Gasteiger partial charge in [0.05, 0.1) is 13.2 Å². The van der Waals surface area contributed by atoms with Gasteiger partial charge in [0.2, 0.25) is 0 Å². The second-order valence-corrected chi connectivity index (χ2v) is 8.61. The van der Waals surface area contributed by atoms with Crippen molar-refractivity contribution < 1.29 is 9.47 Å². The molecule has 1 unspecified atom stereocenters. The van der Waals surface area contributed by atoms with E-state index in [9.17, 15) is 0 Å². The average molecular weight is 432 g/mol. The first-order valence-corrected chi connectivity index (χ1v) is 12.0. The normalized spacial score (nSPS) is 19.7. The number of piperazine rings is 1.